The summed E-state index contributed by atoms with van der Waals surface area (Å²) in [5.41, 5.74) is 1.72. The van der Waals surface area contributed by atoms with Gasteiger partial charge in [-0.05, 0) is 44.4 Å². The Hall–Kier alpha value is -2.18. The molecule has 0 unspecified atom stereocenters. The first-order chi connectivity index (χ1) is 12.6. The van der Waals surface area contributed by atoms with Gasteiger partial charge in [-0.15, -0.1) is 0 Å². The standard InChI is InChI=1S/C19H26FN5O/c1-12-3-5-14(6-4-12)11-26-18-16(20)9-21-19(23-18)22-17-10-25(15-7-8-15)24-13(17)2/h9-10,12,14-15H,3-8,11H2,1-2H3,(H,21,22,23)/t12-,14-. The predicted molar refractivity (Wildman–Crippen MR) is 97.1 cm³/mol. The number of aromatic nitrogens is 4. The van der Waals surface area contributed by atoms with E-state index in [0.717, 1.165) is 36.3 Å². The van der Waals surface area contributed by atoms with Gasteiger partial charge in [-0.2, -0.15) is 14.5 Å². The van der Waals surface area contributed by atoms with Gasteiger partial charge in [0.25, 0.3) is 5.88 Å². The molecule has 0 spiro atoms. The molecule has 0 radical (unpaired) electrons. The molecule has 2 aromatic rings. The predicted octanol–water partition coefficient (Wildman–Crippen LogP) is 4.40. The van der Waals surface area contributed by atoms with Crippen LogP contribution in [0.3, 0.4) is 0 Å². The summed E-state index contributed by atoms with van der Waals surface area (Å²) in [4.78, 5) is 8.26. The summed E-state index contributed by atoms with van der Waals surface area (Å²) in [5.74, 6) is 1.10. The maximum absolute atomic E-state index is 14.0. The van der Waals surface area contributed by atoms with Crippen molar-refractivity contribution in [1.29, 1.82) is 0 Å². The highest BCUT2D eigenvalue weighted by atomic mass is 19.1. The van der Waals surface area contributed by atoms with E-state index in [-0.39, 0.29) is 5.88 Å². The first kappa shape index (κ1) is 17.2. The first-order valence-corrected chi connectivity index (χ1v) is 9.56. The quantitative estimate of drug-likeness (QED) is 0.828. The number of hydrogen-bond donors (Lipinski definition) is 1. The highest BCUT2D eigenvalue weighted by molar-refractivity contribution is 5.55. The summed E-state index contributed by atoms with van der Waals surface area (Å²) in [5, 5.41) is 7.64. The van der Waals surface area contributed by atoms with Gasteiger partial charge >= 0.3 is 0 Å². The Bertz CT molecular complexity index is 765. The maximum atomic E-state index is 14.0. The van der Waals surface area contributed by atoms with Crippen molar-refractivity contribution in [2.45, 2.75) is 58.4 Å². The Morgan fingerprint density at radius 1 is 1.23 bits per heavy atom. The second-order valence-corrected chi connectivity index (χ2v) is 7.75. The largest absolute Gasteiger partial charge is 0.475 e. The van der Waals surface area contributed by atoms with E-state index in [4.69, 9.17) is 4.74 Å². The summed E-state index contributed by atoms with van der Waals surface area (Å²) < 4.78 is 21.7. The number of halogens is 1. The van der Waals surface area contributed by atoms with Crippen LogP contribution in [0.25, 0.3) is 0 Å². The molecule has 2 heterocycles. The molecule has 4 rings (SSSR count). The molecule has 1 N–H and O–H groups in total. The van der Waals surface area contributed by atoms with Gasteiger partial charge in [-0.1, -0.05) is 19.8 Å². The number of nitrogens with one attached hydrogen (secondary N) is 1. The van der Waals surface area contributed by atoms with Crippen molar-refractivity contribution in [2.24, 2.45) is 11.8 Å². The smallest absolute Gasteiger partial charge is 0.255 e. The van der Waals surface area contributed by atoms with E-state index in [1.807, 2.05) is 17.8 Å². The van der Waals surface area contributed by atoms with Gasteiger partial charge in [-0.25, -0.2) is 4.98 Å². The fourth-order valence-electron chi connectivity index (χ4n) is 3.46. The Morgan fingerprint density at radius 3 is 2.73 bits per heavy atom. The topological polar surface area (TPSA) is 64.9 Å². The van der Waals surface area contributed by atoms with E-state index < -0.39 is 5.82 Å². The molecule has 0 atom stereocenters. The van der Waals surface area contributed by atoms with Gasteiger partial charge in [0.05, 0.1) is 30.2 Å². The summed E-state index contributed by atoms with van der Waals surface area (Å²) in [7, 11) is 0. The van der Waals surface area contributed by atoms with Crippen molar-refractivity contribution in [3.63, 3.8) is 0 Å². The van der Waals surface area contributed by atoms with Crippen LogP contribution in [-0.4, -0.2) is 26.4 Å². The molecule has 2 aliphatic rings. The molecular formula is C19H26FN5O. The summed E-state index contributed by atoms with van der Waals surface area (Å²) in [6.45, 7) is 4.73. The molecule has 0 saturated heterocycles. The third-order valence-electron chi connectivity index (χ3n) is 5.39. The van der Waals surface area contributed by atoms with Crippen LogP contribution in [0.4, 0.5) is 16.0 Å². The van der Waals surface area contributed by atoms with Gasteiger partial charge in [-0.3, -0.25) is 4.68 Å². The minimum Gasteiger partial charge on any atom is -0.475 e. The minimum atomic E-state index is -0.523. The zero-order chi connectivity index (χ0) is 18.1. The highest BCUT2D eigenvalue weighted by Gasteiger charge is 2.25. The molecule has 0 bridgehead atoms. The van der Waals surface area contributed by atoms with Crippen LogP contribution in [0.15, 0.2) is 12.4 Å². The summed E-state index contributed by atoms with van der Waals surface area (Å²) in [6, 6.07) is 0.510. The molecule has 7 heteroatoms. The van der Waals surface area contributed by atoms with E-state index in [0.29, 0.717) is 24.5 Å². The molecular weight excluding hydrogens is 333 g/mol. The van der Waals surface area contributed by atoms with Crippen LogP contribution >= 0.6 is 0 Å². The van der Waals surface area contributed by atoms with E-state index >= 15 is 0 Å². The normalized spacial score (nSPS) is 23.0. The number of hydrogen-bond acceptors (Lipinski definition) is 5. The molecule has 2 saturated carbocycles. The highest BCUT2D eigenvalue weighted by Crippen LogP contribution is 2.35. The van der Waals surface area contributed by atoms with Crippen LogP contribution in [0.2, 0.25) is 0 Å². The van der Waals surface area contributed by atoms with Crippen LogP contribution in [0.5, 0.6) is 5.88 Å². The third kappa shape index (κ3) is 3.97. The molecule has 0 amide bonds. The molecule has 2 aliphatic carbocycles. The minimum absolute atomic E-state index is 0.0216. The average molecular weight is 359 g/mol. The Balaban J connectivity index is 1.40. The second kappa shape index (κ2) is 7.21. The summed E-state index contributed by atoms with van der Waals surface area (Å²) >= 11 is 0. The molecule has 2 fully saturated rings. The van der Waals surface area contributed by atoms with E-state index in [1.54, 1.807) is 0 Å². The van der Waals surface area contributed by atoms with Crippen molar-refractivity contribution in [3.05, 3.63) is 23.9 Å². The van der Waals surface area contributed by atoms with E-state index in [9.17, 15) is 4.39 Å². The van der Waals surface area contributed by atoms with E-state index in [2.05, 4.69) is 27.3 Å². The fourth-order valence-corrected chi connectivity index (χ4v) is 3.46. The zero-order valence-electron chi connectivity index (χ0n) is 15.4. The van der Waals surface area contributed by atoms with Crippen LogP contribution in [-0.2, 0) is 0 Å². The number of ether oxygens (including phenoxy) is 1. The van der Waals surface area contributed by atoms with Crippen molar-refractivity contribution in [2.75, 3.05) is 11.9 Å². The Labute approximate surface area is 153 Å². The van der Waals surface area contributed by atoms with Crippen molar-refractivity contribution in [1.82, 2.24) is 19.7 Å². The monoisotopic (exact) mass is 359 g/mol. The van der Waals surface area contributed by atoms with Gasteiger partial charge < -0.3 is 10.1 Å². The van der Waals surface area contributed by atoms with Gasteiger partial charge in [0.1, 0.15) is 0 Å². The number of aryl methyl sites for hydroxylation is 1. The lowest BCUT2D eigenvalue weighted by atomic mass is 9.83. The molecule has 2 aromatic heterocycles. The van der Waals surface area contributed by atoms with Crippen molar-refractivity contribution >= 4 is 11.6 Å². The van der Waals surface area contributed by atoms with Gasteiger partial charge in [0.2, 0.25) is 11.8 Å². The lowest BCUT2D eigenvalue weighted by Crippen LogP contribution is -2.19. The Morgan fingerprint density at radius 2 is 2.00 bits per heavy atom. The number of anilines is 2. The first-order valence-electron chi connectivity index (χ1n) is 9.56. The summed E-state index contributed by atoms with van der Waals surface area (Å²) in [6.07, 6.45) is 10.2. The Kier molecular flexibility index (Phi) is 4.78. The van der Waals surface area contributed by atoms with Crippen LogP contribution in [0, 0.1) is 24.6 Å². The van der Waals surface area contributed by atoms with Crippen LogP contribution in [0.1, 0.15) is 57.2 Å². The SMILES string of the molecule is Cc1nn(C2CC2)cc1Nc1ncc(F)c(OC[C@H]2CC[C@H](C)CC2)n1. The number of rotatable bonds is 6. The lowest BCUT2D eigenvalue weighted by molar-refractivity contribution is 0.178. The average Bonchev–Trinajstić information content (AvgIpc) is 3.41. The molecule has 140 valence electrons. The maximum Gasteiger partial charge on any atom is 0.255 e. The van der Waals surface area contributed by atoms with Gasteiger partial charge in [0.15, 0.2) is 0 Å². The molecule has 6 nitrogen and oxygen atoms in total. The second-order valence-electron chi connectivity index (χ2n) is 7.75. The van der Waals surface area contributed by atoms with Crippen molar-refractivity contribution < 1.29 is 9.13 Å². The molecule has 26 heavy (non-hydrogen) atoms. The molecule has 0 aromatic carbocycles. The molecule has 0 aliphatic heterocycles. The number of nitrogens with zero attached hydrogens (tertiary/aromatic N) is 4. The van der Waals surface area contributed by atoms with Crippen molar-refractivity contribution in [3.8, 4) is 5.88 Å². The van der Waals surface area contributed by atoms with Gasteiger partial charge in [0, 0.05) is 6.20 Å². The zero-order valence-corrected chi connectivity index (χ0v) is 15.4. The lowest BCUT2D eigenvalue weighted by Gasteiger charge is -2.25. The fraction of sp³-hybridized carbons (Fsp3) is 0.632. The third-order valence-corrected chi connectivity index (χ3v) is 5.39. The van der Waals surface area contributed by atoms with E-state index in [1.165, 1.54) is 25.7 Å². The van der Waals surface area contributed by atoms with Crippen LogP contribution < -0.4 is 10.1 Å².